The van der Waals surface area contributed by atoms with E-state index in [1.165, 1.54) is 13.2 Å². The van der Waals surface area contributed by atoms with Crippen molar-refractivity contribution in [2.75, 3.05) is 50.2 Å². The molecule has 1 saturated heterocycles. The van der Waals surface area contributed by atoms with Gasteiger partial charge in [-0.05, 0) is 30.3 Å². The lowest BCUT2D eigenvalue weighted by atomic mass is 10.2. The Bertz CT molecular complexity index is 763. The molecule has 1 fully saturated rings. The van der Waals surface area contributed by atoms with Gasteiger partial charge in [0.05, 0.1) is 26.0 Å². The number of anilines is 2. The van der Waals surface area contributed by atoms with Crippen LogP contribution in [0.5, 0.6) is 11.5 Å². The number of morpholine rings is 1. The lowest BCUT2D eigenvalue weighted by Gasteiger charge is -2.29. The summed E-state index contributed by atoms with van der Waals surface area (Å²) >= 11 is 0. The van der Waals surface area contributed by atoms with Gasteiger partial charge in [-0.3, -0.25) is 4.79 Å². The van der Waals surface area contributed by atoms with Gasteiger partial charge in [-0.25, -0.2) is 4.39 Å². The highest BCUT2D eigenvalue weighted by atomic mass is 19.1. The van der Waals surface area contributed by atoms with Crippen molar-refractivity contribution in [1.82, 2.24) is 0 Å². The lowest BCUT2D eigenvalue weighted by molar-refractivity contribution is -0.118. The van der Waals surface area contributed by atoms with Crippen LogP contribution < -0.4 is 19.7 Å². The molecule has 26 heavy (non-hydrogen) atoms. The van der Waals surface area contributed by atoms with Gasteiger partial charge in [0.25, 0.3) is 5.91 Å². The molecule has 1 aliphatic heterocycles. The molecule has 0 aliphatic carbocycles. The van der Waals surface area contributed by atoms with Gasteiger partial charge >= 0.3 is 0 Å². The molecule has 0 bridgehead atoms. The second kappa shape index (κ2) is 8.53. The summed E-state index contributed by atoms with van der Waals surface area (Å²) in [4.78, 5) is 14.2. The molecule has 0 spiro atoms. The summed E-state index contributed by atoms with van der Waals surface area (Å²) in [6.07, 6.45) is 0. The largest absolute Gasteiger partial charge is 0.493 e. The van der Waals surface area contributed by atoms with E-state index in [0.29, 0.717) is 24.7 Å². The zero-order valence-corrected chi connectivity index (χ0v) is 14.5. The first kappa shape index (κ1) is 18.0. The van der Waals surface area contributed by atoms with E-state index in [2.05, 4.69) is 10.2 Å². The maximum absolute atomic E-state index is 14.1. The first-order chi connectivity index (χ1) is 12.7. The van der Waals surface area contributed by atoms with Crippen LogP contribution in [0.2, 0.25) is 0 Å². The molecule has 7 heteroatoms. The Morgan fingerprint density at radius 3 is 2.65 bits per heavy atom. The van der Waals surface area contributed by atoms with Crippen LogP contribution in [0.1, 0.15) is 0 Å². The molecule has 3 rings (SSSR count). The van der Waals surface area contributed by atoms with Crippen molar-refractivity contribution in [3.63, 3.8) is 0 Å². The Balaban J connectivity index is 1.63. The molecule has 0 saturated carbocycles. The number of benzene rings is 2. The molecule has 2 aromatic carbocycles. The van der Waals surface area contributed by atoms with E-state index in [-0.39, 0.29) is 12.3 Å². The summed E-state index contributed by atoms with van der Waals surface area (Å²) in [6.45, 7) is 2.48. The number of methoxy groups -OCH3 is 1. The van der Waals surface area contributed by atoms with Crippen molar-refractivity contribution >= 4 is 17.3 Å². The summed E-state index contributed by atoms with van der Waals surface area (Å²) in [6, 6.07) is 11.7. The number of carbonyl (C=O) groups is 1. The number of hydrogen-bond acceptors (Lipinski definition) is 5. The molecule has 2 aromatic rings. The third kappa shape index (κ3) is 4.43. The van der Waals surface area contributed by atoms with Crippen LogP contribution in [0.25, 0.3) is 0 Å². The molecular weight excluding hydrogens is 339 g/mol. The first-order valence-corrected chi connectivity index (χ1v) is 8.35. The van der Waals surface area contributed by atoms with Crippen molar-refractivity contribution in [2.24, 2.45) is 0 Å². The molecule has 0 atom stereocenters. The molecule has 0 radical (unpaired) electrons. The minimum absolute atomic E-state index is 0.127. The molecule has 0 unspecified atom stereocenters. The van der Waals surface area contributed by atoms with Crippen molar-refractivity contribution in [3.8, 4) is 11.5 Å². The Kier molecular flexibility index (Phi) is 5.91. The predicted molar refractivity (Wildman–Crippen MR) is 96.6 cm³/mol. The van der Waals surface area contributed by atoms with Gasteiger partial charge < -0.3 is 24.4 Å². The monoisotopic (exact) mass is 360 g/mol. The highest BCUT2D eigenvalue weighted by molar-refractivity contribution is 5.92. The van der Waals surface area contributed by atoms with E-state index in [1.54, 1.807) is 36.4 Å². The minimum Gasteiger partial charge on any atom is -0.493 e. The highest BCUT2D eigenvalue weighted by Gasteiger charge is 2.15. The fourth-order valence-corrected chi connectivity index (χ4v) is 2.69. The van der Waals surface area contributed by atoms with E-state index in [0.717, 1.165) is 18.8 Å². The fourth-order valence-electron chi connectivity index (χ4n) is 2.69. The van der Waals surface area contributed by atoms with Crippen LogP contribution >= 0.6 is 0 Å². The Hall–Kier alpha value is -2.80. The van der Waals surface area contributed by atoms with Gasteiger partial charge in [0, 0.05) is 18.8 Å². The normalized spacial score (nSPS) is 14.0. The maximum Gasteiger partial charge on any atom is 0.262 e. The summed E-state index contributed by atoms with van der Waals surface area (Å²) < 4.78 is 30.0. The van der Waals surface area contributed by atoms with Crippen LogP contribution in [0, 0.1) is 5.82 Å². The summed E-state index contributed by atoms with van der Waals surface area (Å²) in [5, 5.41) is 2.56. The number of rotatable bonds is 6. The molecule has 138 valence electrons. The number of nitrogens with one attached hydrogen (secondary N) is 1. The lowest BCUT2D eigenvalue weighted by Crippen LogP contribution is -2.36. The summed E-state index contributed by atoms with van der Waals surface area (Å²) in [7, 11) is 1.52. The van der Waals surface area contributed by atoms with Crippen molar-refractivity contribution in [1.29, 1.82) is 0 Å². The average Bonchev–Trinajstić information content (AvgIpc) is 2.69. The summed E-state index contributed by atoms with van der Waals surface area (Å²) in [5.41, 5.74) is 0.971. The standard InChI is InChI=1S/C19H21FN2O4/c1-24-17-4-2-3-5-18(17)26-13-19(23)21-16-12-14(6-7-15(16)20)22-8-10-25-11-9-22/h2-7,12H,8-11,13H2,1H3,(H,21,23). The first-order valence-electron chi connectivity index (χ1n) is 8.35. The third-order valence-corrected chi connectivity index (χ3v) is 4.03. The second-order valence-electron chi connectivity index (χ2n) is 5.75. The Morgan fingerprint density at radius 1 is 1.19 bits per heavy atom. The fraction of sp³-hybridized carbons (Fsp3) is 0.316. The van der Waals surface area contributed by atoms with E-state index >= 15 is 0 Å². The highest BCUT2D eigenvalue weighted by Crippen LogP contribution is 2.26. The van der Waals surface area contributed by atoms with Crippen LogP contribution in [0.15, 0.2) is 42.5 Å². The van der Waals surface area contributed by atoms with Crippen LogP contribution in [0.4, 0.5) is 15.8 Å². The van der Waals surface area contributed by atoms with E-state index in [4.69, 9.17) is 14.2 Å². The number of carbonyl (C=O) groups excluding carboxylic acids is 1. The molecule has 1 heterocycles. The Morgan fingerprint density at radius 2 is 1.92 bits per heavy atom. The van der Waals surface area contributed by atoms with Crippen molar-refractivity contribution in [3.05, 3.63) is 48.3 Å². The molecule has 0 aromatic heterocycles. The second-order valence-corrected chi connectivity index (χ2v) is 5.75. The van der Waals surface area contributed by atoms with E-state index in [9.17, 15) is 9.18 Å². The zero-order chi connectivity index (χ0) is 18.4. The average molecular weight is 360 g/mol. The molecular formula is C19H21FN2O4. The number of amides is 1. The Labute approximate surface area is 151 Å². The third-order valence-electron chi connectivity index (χ3n) is 4.03. The van der Waals surface area contributed by atoms with Gasteiger partial charge in [0.2, 0.25) is 0 Å². The topological polar surface area (TPSA) is 60.0 Å². The van der Waals surface area contributed by atoms with Crippen LogP contribution in [0.3, 0.4) is 0 Å². The van der Waals surface area contributed by atoms with Gasteiger partial charge in [0.15, 0.2) is 18.1 Å². The number of para-hydroxylation sites is 2. The van der Waals surface area contributed by atoms with Crippen LogP contribution in [-0.4, -0.2) is 45.9 Å². The summed E-state index contributed by atoms with van der Waals surface area (Å²) in [5.74, 6) is 0.0371. The van der Waals surface area contributed by atoms with Gasteiger partial charge in [-0.2, -0.15) is 0 Å². The van der Waals surface area contributed by atoms with Gasteiger partial charge in [-0.15, -0.1) is 0 Å². The van der Waals surface area contributed by atoms with Crippen LogP contribution in [-0.2, 0) is 9.53 Å². The maximum atomic E-state index is 14.1. The molecule has 1 N–H and O–H groups in total. The van der Waals surface area contributed by atoms with Crippen molar-refractivity contribution in [2.45, 2.75) is 0 Å². The van der Waals surface area contributed by atoms with Gasteiger partial charge in [-0.1, -0.05) is 12.1 Å². The number of nitrogens with zero attached hydrogens (tertiary/aromatic N) is 1. The SMILES string of the molecule is COc1ccccc1OCC(=O)Nc1cc(N2CCOCC2)ccc1F. The quantitative estimate of drug-likeness (QED) is 0.858. The number of hydrogen-bond donors (Lipinski definition) is 1. The van der Waals surface area contributed by atoms with Gasteiger partial charge in [0.1, 0.15) is 5.82 Å². The number of ether oxygens (including phenoxy) is 3. The van der Waals surface area contributed by atoms with E-state index < -0.39 is 11.7 Å². The van der Waals surface area contributed by atoms with Crippen molar-refractivity contribution < 1.29 is 23.4 Å². The number of halogens is 1. The van der Waals surface area contributed by atoms with E-state index in [1.807, 2.05) is 0 Å². The zero-order valence-electron chi connectivity index (χ0n) is 14.5. The smallest absolute Gasteiger partial charge is 0.262 e. The molecule has 1 amide bonds. The predicted octanol–water partition coefficient (Wildman–Crippen LogP) is 2.69. The molecule has 1 aliphatic rings. The molecule has 6 nitrogen and oxygen atoms in total. The minimum atomic E-state index is -0.493.